The van der Waals surface area contributed by atoms with Gasteiger partial charge in [-0.2, -0.15) is 0 Å². The van der Waals surface area contributed by atoms with Crippen LogP contribution in [-0.2, 0) is 4.79 Å². The molecule has 0 aromatic carbocycles. The maximum Gasteiger partial charge on any atom is 0.160 e. The number of fused-ring (bicyclic) bond motifs is 7. The number of ketones is 1. The van der Waals surface area contributed by atoms with Gasteiger partial charge >= 0.3 is 0 Å². The molecule has 5 aliphatic carbocycles. The van der Waals surface area contributed by atoms with Gasteiger partial charge in [0.05, 0.1) is 6.10 Å². The lowest BCUT2D eigenvalue weighted by molar-refractivity contribution is -0.267. The summed E-state index contributed by atoms with van der Waals surface area (Å²) >= 11 is 0. The van der Waals surface area contributed by atoms with Gasteiger partial charge in [0, 0.05) is 11.8 Å². The Morgan fingerprint density at radius 3 is 2.15 bits per heavy atom. The average Bonchev–Trinajstić information content (AvgIpc) is 3.07. The Hall–Kier alpha value is -0.890. The van der Waals surface area contributed by atoms with Gasteiger partial charge in [0.15, 0.2) is 5.78 Å². The lowest BCUT2D eigenvalue weighted by atomic mass is 9.29. The van der Waals surface area contributed by atoms with E-state index in [1.54, 1.807) is 0 Å². The number of allylic oxidation sites excluding steroid dienone is 3. The van der Waals surface area contributed by atoms with Gasteiger partial charge in [0.2, 0.25) is 0 Å². The molecule has 2 heteroatoms. The Labute approximate surface area is 209 Å². The third kappa shape index (κ3) is 2.55. The molecule has 34 heavy (non-hydrogen) atoms. The maximum atomic E-state index is 13.3. The molecule has 0 aromatic heterocycles. The van der Waals surface area contributed by atoms with Crippen LogP contribution < -0.4 is 0 Å². The summed E-state index contributed by atoms with van der Waals surface area (Å²) in [6.07, 6.45) is 11.9. The minimum atomic E-state index is -0.201. The molecule has 0 aliphatic heterocycles. The molecule has 0 saturated heterocycles. The van der Waals surface area contributed by atoms with Crippen LogP contribution in [0.1, 0.15) is 113 Å². The molecule has 5 aliphatic rings. The zero-order valence-electron chi connectivity index (χ0n) is 23.3. The summed E-state index contributed by atoms with van der Waals surface area (Å²) in [5.74, 6) is 1.86. The quantitative estimate of drug-likeness (QED) is 0.420. The van der Waals surface area contributed by atoms with Crippen molar-refractivity contribution in [1.82, 2.24) is 0 Å². The summed E-state index contributed by atoms with van der Waals surface area (Å²) in [5, 5.41) is 11.1. The molecule has 0 unspecified atom stereocenters. The monoisotopic (exact) mass is 466 g/mol. The highest BCUT2D eigenvalue weighted by Gasteiger charge is 2.72. The third-order valence-electron chi connectivity index (χ3n) is 14.0. The second-order valence-electron chi connectivity index (χ2n) is 15.0. The van der Waals surface area contributed by atoms with Crippen LogP contribution in [0.3, 0.4) is 0 Å². The van der Waals surface area contributed by atoms with Crippen LogP contribution in [0.2, 0.25) is 0 Å². The highest BCUT2D eigenvalue weighted by Crippen LogP contribution is 2.79. The van der Waals surface area contributed by atoms with Gasteiger partial charge in [-0.25, -0.2) is 0 Å². The Balaban J connectivity index is 1.64. The van der Waals surface area contributed by atoms with Crippen molar-refractivity contribution in [1.29, 1.82) is 0 Å². The summed E-state index contributed by atoms with van der Waals surface area (Å²) in [7, 11) is 0. The van der Waals surface area contributed by atoms with E-state index in [9.17, 15) is 9.90 Å². The van der Waals surface area contributed by atoms with Crippen LogP contribution in [0.5, 0.6) is 0 Å². The van der Waals surface area contributed by atoms with Crippen molar-refractivity contribution in [2.45, 2.75) is 119 Å². The third-order valence-corrected chi connectivity index (χ3v) is 14.0. The molecule has 0 radical (unpaired) electrons. The number of hydrogen-bond donors (Lipinski definition) is 1. The summed E-state index contributed by atoms with van der Waals surface area (Å²) in [6.45, 7) is 23.8. The van der Waals surface area contributed by atoms with Gasteiger partial charge in [0.25, 0.3) is 0 Å². The molecule has 190 valence electrons. The van der Waals surface area contributed by atoms with Crippen molar-refractivity contribution in [2.24, 2.45) is 50.2 Å². The molecule has 0 amide bonds. The number of hydrogen-bond acceptors (Lipinski definition) is 2. The zero-order valence-corrected chi connectivity index (χ0v) is 23.3. The molecule has 1 N–H and O–H groups in total. The summed E-state index contributed by atoms with van der Waals surface area (Å²) in [5.41, 5.74) is 3.38. The Kier molecular flexibility index (Phi) is 5.18. The molecule has 5 rings (SSSR count). The molecule has 0 spiro atoms. The molecule has 4 fully saturated rings. The lowest BCUT2D eigenvalue weighted by Crippen LogP contribution is -2.69. The van der Waals surface area contributed by atoms with Gasteiger partial charge in [-0.1, -0.05) is 61.5 Å². The van der Waals surface area contributed by atoms with Gasteiger partial charge in [-0.3, -0.25) is 4.79 Å². The van der Waals surface area contributed by atoms with Crippen LogP contribution in [0, 0.1) is 50.2 Å². The second kappa shape index (κ2) is 7.11. The predicted molar refractivity (Wildman–Crippen MR) is 140 cm³/mol. The molecular formula is C32H50O2. The molecule has 4 saturated carbocycles. The topological polar surface area (TPSA) is 37.3 Å². The largest absolute Gasteiger partial charge is 0.393 e. The number of carbonyl (C=O) groups excluding carboxylic acids is 1. The zero-order chi connectivity index (χ0) is 25.1. The van der Waals surface area contributed by atoms with E-state index >= 15 is 0 Å². The van der Waals surface area contributed by atoms with Crippen molar-refractivity contribution in [3.05, 3.63) is 23.8 Å². The van der Waals surface area contributed by atoms with E-state index < -0.39 is 0 Å². The minimum absolute atomic E-state index is 0.0607. The molecular weight excluding hydrogens is 416 g/mol. The smallest absolute Gasteiger partial charge is 0.160 e. The Morgan fingerprint density at radius 1 is 0.882 bits per heavy atom. The fraction of sp³-hybridized carbons (Fsp3) is 0.844. The molecule has 0 bridgehead atoms. The fourth-order valence-corrected chi connectivity index (χ4v) is 11.1. The number of carbonyl (C=O) groups is 1. The van der Waals surface area contributed by atoms with E-state index in [0.29, 0.717) is 30.0 Å². The van der Waals surface area contributed by atoms with Gasteiger partial charge in [0.1, 0.15) is 0 Å². The van der Waals surface area contributed by atoms with Crippen molar-refractivity contribution in [2.75, 3.05) is 0 Å². The summed E-state index contributed by atoms with van der Waals surface area (Å²) in [4.78, 5) is 13.3. The van der Waals surface area contributed by atoms with E-state index in [2.05, 4.69) is 68.0 Å². The molecule has 2 nitrogen and oxygen atoms in total. The molecule has 0 aromatic rings. The number of Topliss-reactive ketones (excluding diaryl/α,β-unsaturated/α-hetero) is 1. The van der Waals surface area contributed by atoms with E-state index in [4.69, 9.17) is 0 Å². The minimum Gasteiger partial charge on any atom is -0.393 e. The highest BCUT2D eigenvalue weighted by atomic mass is 16.3. The Morgan fingerprint density at radius 2 is 1.53 bits per heavy atom. The number of aliphatic hydroxyl groups is 1. The van der Waals surface area contributed by atoms with Gasteiger partial charge < -0.3 is 5.11 Å². The summed E-state index contributed by atoms with van der Waals surface area (Å²) in [6, 6.07) is 0. The first-order chi connectivity index (χ1) is 15.7. The first-order valence-corrected chi connectivity index (χ1v) is 14.2. The maximum absolute atomic E-state index is 13.3. The number of aliphatic hydroxyl groups excluding tert-OH is 1. The van der Waals surface area contributed by atoms with E-state index in [-0.39, 0.29) is 38.6 Å². The first kappa shape index (κ1) is 24.8. The van der Waals surface area contributed by atoms with Crippen LogP contribution in [0.15, 0.2) is 23.8 Å². The van der Waals surface area contributed by atoms with E-state index in [0.717, 1.165) is 24.8 Å². The van der Waals surface area contributed by atoms with Crippen LogP contribution in [0.4, 0.5) is 0 Å². The van der Waals surface area contributed by atoms with Gasteiger partial charge in [-0.05, 0) is 107 Å². The van der Waals surface area contributed by atoms with Crippen molar-refractivity contribution in [3.63, 3.8) is 0 Å². The van der Waals surface area contributed by atoms with Crippen LogP contribution in [-0.4, -0.2) is 17.0 Å². The standard InChI is InChI=1S/C32H50O2/c1-10-32-18-16-28(6)21(26(32)25(20(2)3)22(33)19-32)11-12-23-29(28,7)15-17-31(9)27(4,5)24(34)13-14-30(23,31)8/h10,20-21,23-24,34H,1,11-19H2,2-9H3/t21-,23+,24+,28-,29-,30-,31+,32+/m1/s1. The Bertz CT molecular complexity index is 956. The van der Waals surface area contributed by atoms with Gasteiger partial charge in [-0.15, -0.1) is 6.58 Å². The SMILES string of the molecule is C=C[C@@]12CC[C@]3(C)[C@H](CC[C@@H]4[C@@]5(C)CC[C@H](O)C(C)(C)[C@]5(C)CC[C@]43C)C1=C(C(C)C)C(=O)C2. The summed E-state index contributed by atoms with van der Waals surface area (Å²) < 4.78 is 0. The highest BCUT2D eigenvalue weighted by molar-refractivity contribution is 6.01. The second-order valence-corrected chi connectivity index (χ2v) is 15.0. The van der Waals surface area contributed by atoms with E-state index in [1.165, 1.54) is 37.7 Å². The van der Waals surface area contributed by atoms with Crippen molar-refractivity contribution >= 4 is 5.78 Å². The number of rotatable bonds is 2. The van der Waals surface area contributed by atoms with Crippen molar-refractivity contribution in [3.8, 4) is 0 Å². The van der Waals surface area contributed by atoms with E-state index in [1.807, 2.05) is 0 Å². The molecule has 8 atom stereocenters. The normalized spacial score (nSPS) is 52.1. The van der Waals surface area contributed by atoms with Crippen LogP contribution in [0.25, 0.3) is 0 Å². The van der Waals surface area contributed by atoms with Crippen LogP contribution >= 0.6 is 0 Å². The fourth-order valence-electron chi connectivity index (χ4n) is 11.1. The first-order valence-electron chi connectivity index (χ1n) is 14.2. The predicted octanol–water partition coefficient (Wildman–Crippen LogP) is 7.90. The average molecular weight is 467 g/mol. The lowest BCUT2D eigenvalue weighted by Gasteiger charge is -2.75. The molecule has 0 heterocycles. The van der Waals surface area contributed by atoms with Crippen molar-refractivity contribution < 1.29 is 9.90 Å².